The van der Waals surface area contributed by atoms with Crippen LogP contribution in [0, 0.1) is 5.41 Å². The summed E-state index contributed by atoms with van der Waals surface area (Å²) in [5.74, 6) is -0.902. The fraction of sp³-hybridized carbons (Fsp3) is 0.500. The van der Waals surface area contributed by atoms with Crippen LogP contribution in [0.25, 0.3) is 0 Å². The van der Waals surface area contributed by atoms with Gasteiger partial charge in [0.15, 0.2) is 0 Å². The molecule has 0 bridgehead atoms. The number of nitrogens with zero attached hydrogens (tertiary/aromatic N) is 2. The number of carboxylic acid groups (broad SMARTS) is 1. The van der Waals surface area contributed by atoms with Crippen LogP contribution in [-0.4, -0.2) is 40.0 Å². The molecule has 1 amide bonds. The van der Waals surface area contributed by atoms with Crippen molar-refractivity contribution < 1.29 is 14.7 Å². The number of rotatable bonds is 4. The van der Waals surface area contributed by atoms with Crippen LogP contribution in [0.1, 0.15) is 36.5 Å². The van der Waals surface area contributed by atoms with Crippen molar-refractivity contribution >= 4 is 11.9 Å². The molecule has 0 aromatic carbocycles. The summed E-state index contributed by atoms with van der Waals surface area (Å²) in [5, 5.41) is 9.42. The molecule has 5 heteroatoms. The average molecular weight is 262 g/mol. The summed E-state index contributed by atoms with van der Waals surface area (Å²) >= 11 is 0. The lowest BCUT2D eigenvalue weighted by atomic mass is 9.83. The number of amides is 1. The maximum Gasteiger partial charge on any atom is 0.311 e. The van der Waals surface area contributed by atoms with Gasteiger partial charge in [0.25, 0.3) is 5.91 Å². The van der Waals surface area contributed by atoms with Crippen LogP contribution in [0.2, 0.25) is 0 Å². The summed E-state index contributed by atoms with van der Waals surface area (Å²) in [5.41, 5.74) is -0.204. The van der Waals surface area contributed by atoms with Crippen molar-refractivity contribution in [3.63, 3.8) is 0 Å². The van der Waals surface area contributed by atoms with Gasteiger partial charge in [0, 0.05) is 31.0 Å². The molecular formula is C14H18N2O3. The maximum absolute atomic E-state index is 12.3. The molecule has 1 aliphatic rings. The lowest BCUT2D eigenvalue weighted by Gasteiger charge is -2.24. The molecule has 0 aliphatic carbocycles. The monoisotopic (exact) mass is 262 g/mol. The van der Waals surface area contributed by atoms with Crippen LogP contribution >= 0.6 is 0 Å². The molecule has 19 heavy (non-hydrogen) atoms. The van der Waals surface area contributed by atoms with E-state index >= 15 is 0 Å². The molecule has 1 unspecified atom stereocenters. The Balaban J connectivity index is 2.13. The Morgan fingerprint density at radius 2 is 2.11 bits per heavy atom. The van der Waals surface area contributed by atoms with Crippen LogP contribution in [0.3, 0.4) is 0 Å². The Labute approximate surface area is 112 Å². The second-order valence-electron chi connectivity index (χ2n) is 5.05. The Morgan fingerprint density at radius 1 is 1.42 bits per heavy atom. The first-order chi connectivity index (χ1) is 9.09. The highest BCUT2D eigenvalue weighted by molar-refractivity contribution is 5.94. The van der Waals surface area contributed by atoms with E-state index in [1.807, 2.05) is 6.92 Å². The molecule has 2 heterocycles. The van der Waals surface area contributed by atoms with E-state index in [-0.39, 0.29) is 5.91 Å². The zero-order chi connectivity index (χ0) is 13.9. The van der Waals surface area contributed by atoms with E-state index in [0.29, 0.717) is 31.5 Å². The molecular weight excluding hydrogens is 244 g/mol. The minimum atomic E-state index is -0.792. The number of aliphatic carboxylic acids is 1. The molecule has 1 saturated heterocycles. The minimum Gasteiger partial charge on any atom is -0.481 e. The first-order valence-electron chi connectivity index (χ1n) is 6.52. The van der Waals surface area contributed by atoms with Gasteiger partial charge in [0.2, 0.25) is 0 Å². The van der Waals surface area contributed by atoms with Gasteiger partial charge in [-0.05, 0) is 25.0 Å². The summed E-state index contributed by atoms with van der Waals surface area (Å²) in [4.78, 5) is 29.3. The Hall–Kier alpha value is -1.91. The van der Waals surface area contributed by atoms with Crippen molar-refractivity contribution in [2.75, 3.05) is 13.1 Å². The molecule has 102 valence electrons. The van der Waals surface area contributed by atoms with Crippen LogP contribution < -0.4 is 0 Å². The quantitative estimate of drug-likeness (QED) is 0.898. The average Bonchev–Trinajstić information content (AvgIpc) is 2.85. The van der Waals surface area contributed by atoms with Gasteiger partial charge in [-0.15, -0.1) is 0 Å². The van der Waals surface area contributed by atoms with Gasteiger partial charge in [0.05, 0.1) is 5.41 Å². The summed E-state index contributed by atoms with van der Waals surface area (Å²) < 4.78 is 0. The van der Waals surface area contributed by atoms with E-state index in [1.165, 1.54) is 0 Å². The largest absolute Gasteiger partial charge is 0.481 e. The fourth-order valence-corrected chi connectivity index (χ4v) is 2.69. The van der Waals surface area contributed by atoms with E-state index < -0.39 is 11.4 Å². The molecule has 0 spiro atoms. The Bertz CT molecular complexity index is 475. The highest BCUT2D eigenvalue weighted by atomic mass is 16.4. The van der Waals surface area contributed by atoms with Crippen molar-refractivity contribution in [3.05, 3.63) is 30.1 Å². The molecule has 5 nitrogen and oxygen atoms in total. The minimum absolute atomic E-state index is 0.110. The van der Waals surface area contributed by atoms with Gasteiger partial charge < -0.3 is 10.0 Å². The molecule has 0 saturated carbocycles. The van der Waals surface area contributed by atoms with E-state index in [1.54, 1.807) is 29.4 Å². The highest BCUT2D eigenvalue weighted by Crippen LogP contribution is 2.36. The third-order valence-electron chi connectivity index (χ3n) is 3.75. The van der Waals surface area contributed by atoms with E-state index in [2.05, 4.69) is 4.98 Å². The third kappa shape index (κ3) is 2.59. The van der Waals surface area contributed by atoms with Gasteiger partial charge in [-0.2, -0.15) is 0 Å². The van der Waals surface area contributed by atoms with Crippen LogP contribution in [0.5, 0.6) is 0 Å². The predicted octanol–water partition coefficient (Wildman–Crippen LogP) is 1.80. The number of hydrogen-bond acceptors (Lipinski definition) is 3. The molecule has 1 atom stereocenters. The van der Waals surface area contributed by atoms with Gasteiger partial charge in [0.1, 0.15) is 0 Å². The van der Waals surface area contributed by atoms with Crippen molar-refractivity contribution in [3.8, 4) is 0 Å². The second kappa shape index (κ2) is 5.38. The molecule has 1 aromatic rings. The van der Waals surface area contributed by atoms with Crippen molar-refractivity contribution in [1.29, 1.82) is 0 Å². The van der Waals surface area contributed by atoms with Crippen LogP contribution in [-0.2, 0) is 4.79 Å². The molecule has 2 rings (SSSR count). The number of carboxylic acids is 1. The summed E-state index contributed by atoms with van der Waals surface area (Å²) in [6, 6.07) is 3.31. The number of aromatic nitrogens is 1. The van der Waals surface area contributed by atoms with Crippen molar-refractivity contribution in [1.82, 2.24) is 9.88 Å². The first-order valence-corrected chi connectivity index (χ1v) is 6.52. The zero-order valence-electron chi connectivity index (χ0n) is 11.0. The van der Waals surface area contributed by atoms with Crippen molar-refractivity contribution in [2.24, 2.45) is 5.41 Å². The van der Waals surface area contributed by atoms with E-state index in [4.69, 9.17) is 0 Å². The van der Waals surface area contributed by atoms with Crippen LogP contribution in [0.4, 0.5) is 0 Å². The number of carbonyl (C=O) groups is 2. The number of carbonyl (C=O) groups excluding carboxylic acids is 1. The molecule has 1 fully saturated rings. The molecule has 1 aliphatic heterocycles. The topological polar surface area (TPSA) is 70.5 Å². The van der Waals surface area contributed by atoms with E-state index in [9.17, 15) is 14.7 Å². The zero-order valence-corrected chi connectivity index (χ0v) is 11.0. The predicted molar refractivity (Wildman–Crippen MR) is 69.7 cm³/mol. The third-order valence-corrected chi connectivity index (χ3v) is 3.75. The summed E-state index contributed by atoms with van der Waals surface area (Å²) in [6.45, 7) is 2.78. The SMILES string of the molecule is CCCC1(C(=O)O)CCN(C(=O)c2ccncc2)C1. The fourth-order valence-electron chi connectivity index (χ4n) is 2.69. The van der Waals surface area contributed by atoms with Gasteiger partial charge in [-0.3, -0.25) is 14.6 Å². The smallest absolute Gasteiger partial charge is 0.311 e. The van der Waals surface area contributed by atoms with Crippen molar-refractivity contribution in [2.45, 2.75) is 26.2 Å². The van der Waals surface area contributed by atoms with Crippen LogP contribution in [0.15, 0.2) is 24.5 Å². The second-order valence-corrected chi connectivity index (χ2v) is 5.05. The lowest BCUT2D eigenvalue weighted by molar-refractivity contribution is -0.148. The number of likely N-dealkylation sites (tertiary alicyclic amines) is 1. The summed E-state index contributed by atoms with van der Waals surface area (Å²) in [7, 11) is 0. The Morgan fingerprint density at radius 3 is 2.68 bits per heavy atom. The number of hydrogen-bond donors (Lipinski definition) is 1. The first kappa shape index (κ1) is 13.5. The molecule has 1 aromatic heterocycles. The number of pyridine rings is 1. The highest BCUT2D eigenvalue weighted by Gasteiger charge is 2.45. The van der Waals surface area contributed by atoms with Gasteiger partial charge in [-0.1, -0.05) is 13.3 Å². The Kier molecular flexibility index (Phi) is 3.83. The van der Waals surface area contributed by atoms with Gasteiger partial charge >= 0.3 is 5.97 Å². The lowest BCUT2D eigenvalue weighted by Crippen LogP contribution is -2.36. The molecule has 0 radical (unpaired) electrons. The standard InChI is InChI=1S/C14H18N2O3/c1-2-5-14(13(18)19)6-9-16(10-14)12(17)11-3-7-15-8-4-11/h3-4,7-8H,2,5-6,9-10H2,1H3,(H,18,19). The summed E-state index contributed by atoms with van der Waals surface area (Å²) in [6.07, 6.45) is 5.10. The maximum atomic E-state index is 12.3. The molecule has 1 N–H and O–H groups in total. The van der Waals surface area contributed by atoms with E-state index in [0.717, 1.165) is 6.42 Å². The normalized spacial score (nSPS) is 22.5. The van der Waals surface area contributed by atoms with Gasteiger partial charge in [-0.25, -0.2) is 0 Å².